The minimum absolute atomic E-state index is 0.0294. The molecular weight excluding hydrogens is 504 g/mol. The molecule has 0 aliphatic carbocycles. The third-order valence-corrected chi connectivity index (χ3v) is 6.39. The molecule has 3 aromatic rings. The summed E-state index contributed by atoms with van der Waals surface area (Å²) >= 11 is 6.77. The van der Waals surface area contributed by atoms with Gasteiger partial charge >= 0.3 is 0 Å². The zero-order valence-corrected chi connectivity index (χ0v) is 20.8. The van der Waals surface area contributed by atoms with Crippen molar-refractivity contribution >= 4 is 46.3 Å². The number of nitrogens with zero attached hydrogens (tertiary/aromatic N) is 2. The fourth-order valence-electron chi connectivity index (χ4n) is 3.44. The molecule has 1 fully saturated rings. The minimum Gasteiger partial charge on any atom is -0.490 e. The third kappa shape index (κ3) is 6.05. The van der Waals surface area contributed by atoms with E-state index in [0.717, 1.165) is 22.2 Å². The van der Waals surface area contributed by atoms with Crippen LogP contribution in [0.1, 0.15) is 23.6 Å². The summed E-state index contributed by atoms with van der Waals surface area (Å²) in [4.78, 5) is 37.1. The van der Waals surface area contributed by atoms with Crippen LogP contribution in [0.4, 0.5) is 10.5 Å². The first-order chi connectivity index (χ1) is 17.3. The molecule has 0 bridgehead atoms. The van der Waals surface area contributed by atoms with Crippen LogP contribution in [0.2, 0.25) is 5.02 Å². The number of nitro groups is 1. The van der Waals surface area contributed by atoms with E-state index in [1.807, 2.05) is 19.1 Å². The van der Waals surface area contributed by atoms with Crippen LogP contribution in [0.3, 0.4) is 0 Å². The Bertz CT molecular complexity index is 1330. The molecule has 0 aromatic heterocycles. The number of rotatable bonds is 9. The first-order valence-corrected chi connectivity index (χ1v) is 12.2. The van der Waals surface area contributed by atoms with Gasteiger partial charge in [0.05, 0.1) is 23.0 Å². The van der Waals surface area contributed by atoms with Crippen LogP contribution in [0.15, 0.2) is 71.6 Å². The number of thioether (sulfide) groups is 1. The maximum atomic E-state index is 12.9. The Labute approximate surface area is 216 Å². The van der Waals surface area contributed by atoms with E-state index in [4.69, 9.17) is 21.1 Å². The Morgan fingerprint density at radius 1 is 0.972 bits per heavy atom. The number of halogens is 1. The first-order valence-electron chi connectivity index (χ1n) is 11.0. The summed E-state index contributed by atoms with van der Waals surface area (Å²) in [6.07, 6.45) is 1.63. The molecule has 0 N–H and O–H groups in total. The zero-order valence-electron chi connectivity index (χ0n) is 19.2. The molecule has 1 aliphatic heterocycles. The van der Waals surface area contributed by atoms with Crippen molar-refractivity contribution < 1.29 is 24.0 Å². The lowest BCUT2D eigenvalue weighted by Gasteiger charge is -2.13. The molecule has 184 valence electrons. The fourth-order valence-corrected chi connectivity index (χ4v) is 4.40. The minimum atomic E-state index is -0.503. The third-order valence-electron chi connectivity index (χ3n) is 5.23. The molecule has 36 heavy (non-hydrogen) atoms. The number of imide groups is 1. The van der Waals surface area contributed by atoms with Gasteiger partial charge in [0, 0.05) is 17.2 Å². The van der Waals surface area contributed by atoms with Crippen molar-refractivity contribution in [2.24, 2.45) is 0 Å². The second-order valence-corrected chi connectivity index (χ2v) is 9.18. The maximum absolute atomic E-state index is 12.9. The molecule has 8 nitrogen and oxygen atoms in total. The van der Waals surface area contributed by atoms with Crippen LogP contribution in [-0.4, -0.2) is 27.6 Å². The van der Waals surface area contributed by atoms with Crippen molar-refractivity contribution in [3.05, 3.63) is 103 Å². The van der Waals surface area contributed by atoms with E-state index in [1.54, 1.807) is 36.4 Å². The molecule has 0 atom stereocenters. The molecule has 1 heterocycles. The van der Waals surface area contributed by atoms with E-state index in [-0.39, 0.29) is 17.1 Å². The smallest absolute Gasteiger partial charge is 0.293 e. The normalized spacial score (nSPS) is 14.4. The first kappa shape index (κ1) is 25.3. The summed E-state index contributed by atoms with van der Waals surface area (Å²) in [5.74, 6) is 0.643. The zero-order chi connectivity index (χ0) is 25.7. The number of non-ortho nitro benzene ring substituents is 1. The second-order valence-electron chi connectivity index (χ2n) is 7.75. The monoisotopic (exact) mass is 524 g/mol. The van der Waals surface area contributed by atoms with Crippen LogP contribution < -0.4 is 9.47 Å². The van der Waals surface area contributed by atoms with E-state index >= 15 is 0 Å². The standard InChI is InChI=1S/C26H21ClN2O6S/c1-2-34-23-13-19(7-12-22(23)35-16-18-3-8-20(27)9-4-18)14-24-25(30)28(26(31)36-24)15-17-5-10-21(11-6-17)29(32)33/h3-14H,2,15-16H2,1H3/b24-14+. The number of nitro benzene ring substituents is 1. The predicted octanol–water partition coefficient (Wildman–Crippen LogP) is 6.46. The van der Waals surface area contributed by atoms with E-state index < -0.39 is 16.1 Å². The molecule has 1 aliphatic rings. The van der Waals surface area contributed by atoms with Crippen molar-refractivity contribution in [3.63, 3.8) is 0 Å². The van der Waals surface area contributed by atoms with Gasteiger partial charge in [-0.3, -0.25) is 24.6 Å². The Morgan fingerprint density at radius 2 is 1.67 bits per heavy atom. The lowest BCUT2D eigenvalue weighted by molar-refractivity contribution is -0.384. The summed E-state index contributed by atoms with van der Waals surface area (Å²) in [7, 11) is 0. The molecule has 3 aromatic carbocycles. The number of carbonyl (C=O) groups is 2. The van der Waals surface area contributed by atoms with Gasteiger partial charge in [-0.2, -0.15) is 0 Å². The molecule has 2 amide bonds. The molecule has 0 saturated carbocycles. The van der Waals surface area contributed by atoms with Crippen molar-refractivity contribution in [1.29, 1.82) is 0 Å². The summed E-state index contributed by atoms with van der Waals surface area (Å²) in [5, 5.41) is 11.1. The Kier molecular flexibility index (Phi) is 7.92. The number of benzene rings is 3. The van der Waals surface area contributed by atoms with E-state index in [2.05, 4.69) is 0 Å². The van der Waals surface area contributed by atoms with Crippen LogP contribution in [0.5, 0.6) is 11.5 Å². The van der Waals surface area contributed by atoms with Gasteiger partial charge < -0.3 is 9.47 Å². The molecule has 10 heteroatoms. The Morgan fingerprint density at radius 3 is 2.33 bits per heavy atom. The van der Waals surface area contributed by atoms with Crippen LogP contribution in [-0.2, 0) is 17.9 Å². The number of hydrogen-bond acceptors (Lipinski definition) is 7. The Hall–Kier alpha value is -3.82. The van der Waals surface area contributed by atoms with Gasteiger partial charge in [0.1, 0.15) is 6.61 Å². The topological polar surface area (TPSA) is 99.0 Å². The van der Waals surface area contributed by atoms with Gasteiger partial charge in [-0.1, -0.05) is 41.9 Å². The number of hydrogen-bond donors (Lipinski definition) is 0. The average molecular weight is 525 g/mol. The maximum Gasteiger partial charge on any atom is 0.293 e. The SMILES string of the molecule is CCOc1cc(/C=C2/SC(=O)N(Cc3ccc([N+](=O)[O-])cc3)C2=O)ccc1OCc1ccc(Cl)cc1. The Balaban J connectivity index is 1.48. The quantitative estimate of drug-likeness (QED) is 0.180. The second kappa shape index (κ2) is 11.3. The highest BCUT2D eigenvalue weighted by Crippen LogP contribution is 2.35. The van der Waals surface area contributed by atoms with Gasteiger partial charge in [0.25, 0.3) is 16.8 Å². The molecule has 0 unspecified atom stereocenters. The molecule has 0 radical (unpaired) electrons. The molecule has 4 rings (SSSR count). The van der Waals surface area contributed by atoms with Crippen molar-refractivity contribution in [1.82, 2.24) is 4.90 Å². The highest BCUT2D eigenvalue weighted by Gasteiger charge is 2.35. The molecule has 1 saturated heterocycles. The van der Waals surface area contributed by atoms with Gasteiger partial charge in [-0.25, -0.2) is 0 Å². The number of amides is 2. The van der Waals surface area contributed by atoms with Gasteiger partial charge in [-0.05, 0) is 65.7 Å². The number of carbonyl (C=O) groups excluding carboxylic acids is 2. The van der Waals surface area contributed by atoms with Crippen molar-refractivity contribution in [2.45, 2.75) is 20.1 Å². The highest BCUT2D eigenvalue weighted by molar-refractivity contribution is 8.18. The summed E-state index contributed by atoms with van der Waals surface area (Å²) in [6, 6.07) is 18.4. The van der Waals surface area contributed by atoms with Gasteiger partial charge in [-0.15, -0.1) is 0 Å². The molecular formula is C26H21ClN2O6S. The predicted molar refractivity (Wildman–Crippen MR) is 138 cm³/mol. The van der Waals surface area contributed by atoms with Gasteiger partial charge in [0.2, 0.25) is 0 Å². The summed E-state index contributed by atoms with van der Waals surface area (Å²) in [5.41, 5.74) is 2.19. The number of ether oxygens (including phenoxy) is 2. The van der Waals surface area contributed by atoms with E-state index in [1.165, 1.54) is 24.3 Å². The van der Waals surface area contributed by atoms with Crippen LogP contribution in [0, 0.1) is 10.1 Å². The van der Waals surface area contributed by atoms with Crippen molar-refractivity contribution in [2.75, 3.05) is 6.61 Å². The fraction of sp³-hybridized carbons (Fsp3) is 0.154. The lowest BCUT2D eigenvalue weighted by Crippen LogP contribution is -2.27. The van der Waals surface area contributed by atoms with Crippen LogP contribution >= 0.6 is 23.4 Å². The van der Waals surface area contributed by atoms with Crippen LogP contribution in [0.25, 0.3) is 6.08 Å². The van der Waals surface area contributed by atoms with E-state index in [0.29, 0.717) is 40.9 Å². The lowest BCUT2D eigenvalue weighted by atomic mass is 10.1. The average Bonchev–Trinajstić information content (AvgIpc) is 3.12. The van der Waals surface area contributed by atoms with Crippen molar-refractivity contribution in [3.8, 4) is 11.5 Å². The van der Waals surface area contributed by atoms with Gasteiger partial charge in [0.15, 0.2) is 11.5 Å². The largest absolute Gasteiger partial charge is 0.490 e. The van der Waals surface area contributed by atoms with E-state index in [9.17, 15) is 19.7 Å². The molecule has 0 spiro atoms. The highest BCUT2D eigenvalue weighted by atomic mass is 35.5. The summed E-state index contributed by atoms with van der Waals surface area (Å²) < 4.78 is 11.7. The summed E-state index contributed by atoms with van der Waals surface area (Å²) in [6.45, 7) is 2.64.